The molecule has 0 bridgehead atoms. The molecule has 1 atom stereocenters. The van der Waals surface area contributed by atoms with Crippen LogP contribution in [0.5, 0.6) is 5.75 Å². The average molecular weight is 387 g/mol. The zero-order chi connectivity index (χ0) is 19.1. The summed E-state index contributed by atoms with van der Waals surface area (Å²) in [5.74, 6) is 1.49. The first-order chi connectivity index (χ1) is 13.1. The Bertz CT molecular complexity index is 730. The molecule has 3 rings (SSSR count). The fraction of sp³-hybridized carbons (Fsp3) is 0.500. The lowest BCUT2D eigenvalue weighted by molar-refractivity contribution is -0.121. The molecule has 146 valence electrons. The molecule has 0 spiro atoms. The normalized spacial score (nSPS) is 17.6. The van der Waals surface area contributed by atoms with E-state index in [9.17, 15) is 4.79 Å². The van der Waals surface area contributed by atoms with E-state index >= 15 is 0 Å². The van der Waals surface area contributed by atoms with Gasteiger partial charge in [-0.15, -0.1) is 11.3 Å². The van der Waals surface area contributed by atoms with Gasteiger partial charge in [0.05, 0.1) is 13.0 Å². The Kier molecular flexibility index (Phi) is 7.30. The number of carbonyl (C=O) groups is 1. The number of aryl methyl sites for hydroxylation is 2. The average Bonchev–Trinajstić information content (AvgIpc) is 3.15. The second-order valence-electron chi connectivity index (χ2n) is 7.49. The molecule has 1 aliphatic heterocycles. The minimum Gasteiger partial charge on any atom is -0.493 e. The number of hydrogen-bond acceptors (Lipinski definition) is 4. The highest BCUT2D eigenvalue weighted by Crippen LogP contribution is 2.20. The summed E-state index contributed by atoms with van der Waals surface area (Å²) in [6.45, 7) is 8.55. The third kappa shape index (κ3) is 6.36. The van der Waals surface area contributed by atoms with Crippen LogP contribution in [0, 0.1) is 19.8 Å². The molecule has 0 aliphatic carbocycles. The minimum absolute atomic E-state index is 0.0788. The Morgan fingerprint density at radius 1 is 1.33 bits per heavy atom. The number of hydrogen-bond donors (Lipinski definition) is 1. The molecule has 4 nitrogen and oxygen atoms in total. The molecule has 1 aromatic carbocycles. The zero-order valence-corrected chi connectivity index (χ0v) is 17.2. The Morgan fingerprint density at radius 3 is 3.00 bits per heavy atom. The maximum atomic E-state index is 12.1. The molecule has 1 saturated heterocycles. The number of piperidine rings is 1. The van der Waals surface area contributed by atoms with Crippen molar-refractivity contribution in [2.75, 3.05) is 26.2 Å². The van der Waals surface area contributed by atoms with Crippen molar-refractivity contribution in [3.63, 3.8) is 0 Å². The third-order valence-electron chi connectivity index (χ3n) is 5.07. The largest absolute Gasteiger partial charge is 0.493 e. The standard InChI is InChI=1S/C22H30N2O2S/c1-17-7-8-21(18(2)13-17)26-11-9-22(25)23-14-19-5-3-10-24(15-19)16-20-6-4-12-27-20/h4,6-8,12-13,19H,3,5,9-11,14-16H2,1-2H3,(H,23,25). The Labute approximate surface area is 166 Å². The van der Waals surface area contributed by atoms with Gasteiger partial charge in [-0.2, -0.15) is 0 Å². The van der Waals surface area contributed by atoms with E-state index in [1.54, 1.807) is 0 Å². The van der Waals surface area contributed by atoms with Crippen molar-refractivity contribution in [2.45, 2.75) is 39.7 Å². The van der Waals surface area contributed by atoms with Gasteiger partial charge in [-0.05, 0) is 62.2 Å². The SMILES string of the molecule is Cc1ccc(OCCC(=O)NCC2CCCN(Cc3cccs3)C2)c(C)c1. The molecule has 1 unspecified atom stereocenters. The molecule has 1 amide bonds. The molecule has 1 aromatic heterocycles. The number of thiophene rings is 1. The lowest BCUT2D eigenvalue weighted by Gasteiger charge is -2.32. The highest BCUT2D eigenvalue weighted by Gasteiger charge is 2.20. The van der Waals surface area contributed by atoms with Gasteiger partial charge < -0.3 is 10.1 Å². The summed E-state index contributed by atoms with van der Waals surface area (Å²) in [7, 11) is 0. The van der Waals surface area contributed by atoms with Crippen LogP contribution in [0.4, 0.5) is 0 Å². The topological polar surface area (TPSA) is 41.6 Å². The predicted molar refractivity (Wildman–Crippen MR) is 111 cm³/mol. The summed E-state index contributed by atoms with van der Waals surface area (Å²) in [6, 6.07) is 10.4. The highest BCUT2D eigenvalue weighted by atomic mass is 32.1. The number of benzene rings is 1. The zero-order valence-electron chi connectivity index (χ0n) is 16.4. The first-order valence-electron chi connectivity index (χ1n) is 9.81. The first-order valence-corrected chi connectivity index (χ1v) is 10.7. The molecular formula is C22H30N2O2S. The van der Waals surface area contributed by atoms with Gasteiger partial charge in [0.15, 0.2) is 0 Å². The first kappa shape index (κ1) is 19.9. The third-order valence-corrected chi connectivity index (χ3v) is 5.93. The number of rotatable bonds is 8. The molecule has 1 aliphatic rings. The minimum atomic E-state index is 0.0788. The van der Waals surface area contributed by atoms with Gasteiger partial charge in [0.2, 0.25) is 5.91 Å². The fourth-order valence-electron chi connectivity index (χ4n) is 3.65. The van der Waals surface area contributed by atoms with E-state index < -0.39 is 0 Å². The van der Waals surface area contributed by atoms with Crippen molar-refractivity contribution >= 4 is 17.2 Å². The molecule has 27 heavy (non-hydrogen) atoms. The van der Waals surface area contributed by atoms with E-state index in [0.29, 0.717) is 18.9 Å². The molecular weight excluding hydrogens is 356 g/mol. The van der Waals surface area contributed by atoms with Crippen LogP contribution < -0.4 is 10.1 Å². The maximum Gasteiger partial charge on any atom is 0.223 e. The van der Waals surface area contributed by atoms with Crippen LogP contribution >= 0.6 is 11.3 Å². The second-order valence-corrected chi connectivity index (χ2v) is 8.53. The molecule has 0 saturated carbocycles. The molecule has 1 fully saturated rings. The van der Waals surface area contributed by atoms with Crippen LogP contribution in [0.1, 0.15) is 35.3 Å². The van der Waals surface area contributed by atoms with Gasteiger partial charge in [0, 0.05) is 24.5 Å². The van der Waals surface area contributed by atoms with E-state index in [0.717, 1.165) is 37.5 Å². The molecule has 0 radical (unpaired) electrons. The number of likely N-dealkylation sites (tertiary alicyclic amines) is 1. The lowest BCUT2D eigenvalue weighted by Crippen LogP contribution is -2.40. The number of nitrogens with zero attached hydrogens (tertiary/aromatic N) is 1. The summed E-state index contributed by atoms with van der Waals surface area (Å²) in [5, 5.41) is 5.23. The van der Waals surface area contributed by atoms with Gasteiger partial charge in [0.1, 0.15) is 5.75 Å². The van der Waals surface area contributed by atoms with Crippen LogP contribution in [0.3, 0.4) is 0 Å². The fourth-order valence-corrected chi connectivity index (χ4v) is 4.39. The van der Waals surface area contributed by atoms with Crippen molar-refractivity contribution in [3.8, 4) is 5.75 Å². The number of ether oxygens (including phenoxy) is 1. The number of nitrogens with one attached hydrogen (secondary N) is 1. The van der Waals surface area contributed by atoms with Crippen molar-refractivity contribution in [3.05, 3.63) is 51.7 Å². The van der Waals surface area contributed by atoms with Gasteiger partial charge in [0.25, 0.3) is 0 Å². The molecule has 2 heterocycles. The Hall–Kier alpha value is -1.85. The smallest absolute Gasteiger partial charge is 0.223 e. The number of amides is 1. The van der Waals surface area contributed by atoms with Crippen molar-refractivity contribution in [1.29, 1.82) is 0 Å². The van der Waals surface area contributed by atoms with Gasteiger partial charge in [-0.3, -0.25) is 9.69 Å². The molecule has 1 N–H and O–H groups in total. The summed E-state index contributed by atoms with van der Waals surface area (Å²) < 4.78 is 5.76. The monoisotopic (exact) mass is 386 g/mol. The van der Waals surface area contributed by atoms with Gasteiger partial charge in [-0.1, -0.05) is 23.8 Å². The van der Waals surface area contributed by atoms with Crippen molar-refractivity contribution in [2.24, 2.45) is 5.92 Å². The van der Waals surface area contributed by atoms with Crippen molar-refractivity contribution in [1.82, 2.24) is 10.2 Å². The Balaban J connectivity index is 1.34. The van der Waals surface area contributed by atoms with Crippen LogP contribution in [0.2, 0.25) is 0 Å². The van der Waals surface area contributed by atoms with Crippen LogP contribution in [-0.4, -0.2) is 37.0 Å². The second kappa shape index (κ2) is 9.90. The lowest BCUT2D eigenvalue weighted by atomic mass is 9.98. The number of carbonyl (C=O) groups excluding carboxylic acids is 1. The van der Waals surface area contributed by atoms with Crippen molar-refractivity contribution < 1.29 is 9.53 Å². The van der Waals surface area contributed by atoms with Crippen LogP contribution in [0.25, 0.3) is 0 Å². The molecule has 5 heteroatoms. The van der Waals surface area contributed by atoms with Crippen LogP contribution in [0.15, 0.2) is 35.7 Å². The van der Waals surface area contributed by atoms with E-state index in [1.807, 2.05) is 30.4 Å². The summed E-state index contributed by atoms with van der Waals surface area (Å²) in [5.41, 5.74) is 2.33. The predicted octanol–water partition coefficient (Wildman–Crippen LogP) is 4.16. The van der Waals surface area contributed by atoms with Gasteiger partial charge >= 0.3 is 0 Å². The van der Waals surface area contributed by atoms with Crippen LogP contribution in [-0.2, 0) is 11.3 Å². The highest BCUT2D eigenvalue weighted by molar-refractivity contribution is 7.09. The quantitative estimate of drug-likeness (QED) is 0.741. The Morgan fingerprint density at radius 2 is 2.22 bits per heavy atom. The summed E-state index contributed by atoms with van der Waals surface area (Å²) >= 11 is 1.82. The van der Waals surface area contributed by atoms with E-state index in [-0.39, 0.29) is 5.91 Å². The summed E-state index contributed by atoms with van der Waals surface area (Å²) in [4.78, 5) is 16.1. The van der Waals surface area contributed by atoms with Gasteiger partial charge in [-0.25, -0.2) is 0 Å². The van der Waals surface area contributed by atoms with E-state index in [4.69, 9.17) is 4.74 Å². The van der Waals surface area contributed by atoms with E-state index in [1.165, 1.54) is 23.3 Å². The summed E-state index contributed by atoms with van der Waals surface area (Å²) in [6.07, 6.45) is 2.81. The molecule has 2 aromatic rings. The van der Waals surface area contributed by atoms with E-state index in [2.05, 4.69) is 40.7 Å². The maximum absolute atomic E-state index is 12.1.